The zero-order valence-electron chi connectivity index (χ0n) is 8.31. The van der Waals surface area contributed by atoms with E-state index in [1.54, 1.807) is 0 Å². The van der Waals surface area contributed by atoms with Crippen LogP contribution in [0, 0.1) is 5.92 Å². The number of nitrogens with zero attached hydrogens (tertiary/aromatic N) is 1. The van der Waals surface area contributed by atoms with Gasteiger partial charge in [0.15, 0.2) is 0 Å². The number of rotatable bonds is 5. The van der Waals surface area contributed by atoms with Gasteiger partial charge >= 0.3 is 5.97 Å². The SMILES string of the molecule is NC(=O)CN(CC(=O)O)C(=O)C1CCC1. The highest BCUT2D eigenvalue weighted by Gasteiger charge is 2.30. The van der Waals surface area contributed by atoms with Gasteiger partial charge in [0, 0.05) is 5.92 Å². The van der Waals surface area contributed by atoms with Crippen LogP contribution in [0.4, 0.5) is 0 Å². The van der Waals surface area contributed by atoms with Crippen LogP contribution in [-0.2, 0) is 14.4 Å². The summed E-state index contributed by atoms with van der Waals surface area (Å²) in [4.78, 5) is 33.8. The maximum atomic E-state index is 11.7. The van der Waals surface area contributed by atoms with E-state index in [1.807, 2.05) is 0 Å². The van der Waals surface area contributed by atoms with Gasteiger partial charge in [-0.25, -0.2) is 0 Å². The fourth-order valence-corrected chi connectivity index (χ4v) is 1.48. The zero-order chi connectivity index (χ0) is 11.4. The Morgan fingerprint density at radius 1 is 1.27 bits per heavy atom. The Balaban J connectivity index is 2.56. The van der Waals surface area contributed by atoms with Crippen LogP contribution < -0.4 is 5.73 Å². The highest BCUT2D eigenvalue weighted by Crippen LogP contribution is 2.28. The van der Waals surface area contributed by atoms with Gasteiger partial charge in [-0.05, 0) is 12.8 Å². The number of carboxylic acid groups (broad SMARTS) is 1. The molecule has 2 amide bonds. The molecule has 3 N–H and O–H groups in total. The number of primary amides is 1. The maximum Gasteiger partial charge on any atom is 0.323 e. The summed E-state index contributed by atoms with van der Waals surface area (Å²) in [5.74, 6) is -2.22. The second-order valence-corrected chi connectivity index (χ2v) is 3.68. The van der Waals surface area contributed by atoms with Gasteiger partial charge in [0.25, 0.3) is 0 Å². The van der Waals surface area contributed by atoms with Crippen molar-refractivity contribution in [1.29, 1.82) is 0 Å². The van der Waals surface area contributed by atoms with Crippen LogP contribution in [-0.4, -0.2) is 40.9 Å². The zero-order valence-corrected chi connectivity index (χ0v) is 8.31. The number of amides is 2. The van der Waals surface area contributed by atoms with Crippen molar-refractivity contribution in [1.82, 2.24) is 4.90 Å². The minimum Gasteiger partial charge on any atom is -0.480 e. The molecule has 0 bridgehead atoms. The predicted molar refractivity (Wildman–Crippen MR) is 50.8 cm³/mol. The summed E-state index contributed by atoms with van der Waals surface area (Å²) in [6.07, 6.45) is 2.52. The molecule has 0 spiro atoms. The van der Waals surface area contributed by atoms with E-state index in [4.69, 9.17) is 10.8 Å². The van der Waals surface area contributed by atoms with Gasteiger partial charge in [0.05, 0.1) is 6.54 Å². The molecule has 1 fully saturated rings. The van der Waals surface area contributed by atoms with E-state index < -0.39 is 18.4 Å². The number of carbonyl (C=O) groups excluding carboxylic acids is 2. The number of aliphatic carboxylic acids is 1. The second kappa shape index (κ2) is 4.77. The van der Waals surface area contributed by atoms with E-state index in [1.165, 1.54) is 0 Å². The third kappa shape index (κ3) is 3.23. The molecular formula is C9H14N2O4. The average Bonchev–Trinajstić information content (AvgIpc) is 1.97. The molecule has 0 aliphatic heterocycles. The van der Waals surface area contributed by atoms with Gasteiger partial charge in [-0.3, -0.25) is 14.4 Å². The maximum absolute atomic E-state index is 11.7. The van der Waals surface area contributed by atoms with Crippen LogP contribution in [0.2, 0.25) is 0 Å². The molecule has 0 atom stereocenters. The highest BCUT2D eigenvalue weighted by molar-refractivity contribution is 5.88. The first-order chi connectivity index (χ1) is 7.00. The van der Waals surface area contributed by atoms with Crippen molar-refractivity contribution in [3.05, 3.63) is 0 Å². The van der Waals surface area contributed by atoms with Gasteiger partial charge in [0.2, 0.25) is 11.8 Å². The van der Waals surface area contributed by atoms with Gasteiger partial charge in [0.1, 0.15) is 6.54 Å². The van der Waals surface area contributed by atoms with E-state index in [2.05, 4.69) is 0 Å². The highest BCUT2D eigenvalue weighted by atomic mass is 16.4. The van der Waals surface area contributed by atoms with Crippen LogP contribution in [0.3, 0.4) is 0 Å². The lowest BCUT2D eigenvalue weighted by atomic mass is 9.84. The molecule has 0 aromatic rings. The van der Waals surface area contributed by atoms with Crippen molar-refractivity contribution < 1.29 is 19.5 Å². The molecule has 0 saturated heterocycles. The lowest BCUT2D eigenvalue weighted by molar-refractivity contribution is -0.148. The molecule has 0 heterocycles. The fourth-order valence-electron chi connectivity index (χ4n) is 1.48. The minimum atomic E-state index is -1.14. The Bertz CT molecular complexity index is 270. The van der Waals surface area contributed by atoms with Crippen molar-refractivity contribution in [2.45, 2.75) is 19.3 Å². The molecule has 1 rings (SSSR count). The molecular weight excluding hydrogens is 200 g/mol. The average molecular weight is 214 g/mol. The topological polar surface area (TPSA) is 101 Å². The number of carboxylic acids is 1. The van der Waals surface area contributed by atoms with Gasteiger partial charge in [-0.1, -0.05) is 6.42 Å². The Morgan fingerprint density at radius 3 is 2.20 bits per heavy atom. The van der Waals surface area contributed by atoms with Gasteiger partial charge in [-0.15, -0.1) is 0 Å². The second-order valence-electron chi connectivity index (χ2n) is 3.68. The Hall–Kier alpha value is -1.59. The third-order valence-corrected chi connectivity index (χ3v) is 2.44. The number of hydrogen-bond donors (Lipinski definition) is 2. The van der Waals surface area contributed by atoms with Crippen molar-refractivity contribution in [2.75, 3.05) is 13.1 Å². The fraction of sp³-hybridized carbons (Fsp3) is 0.667. The van der Waals surface area contributed by atoms with Crippen LogP contribution in [0.5, 0.6) is 0 Å². The van der Waals surface area contributed by atoms with E-state index in [0.29, 0.717) is 0 Å². The Labute approximate surface area is 87.0 Å². The summed E-state index contributed by atoms with van der Waals surface area (Å²) in [5.41, 5.74) is 4.94. The van der Waals surface area contributed by atoms with Crippen LogP contribution in [0.1, 0.15) is 19.3 Å². The van der Waals surface area contributed by atoms with Gasteiger partial charge < -0.3 is 15.7 Å². The first-order valence-electron chi connectivity index (χ1n) is 4.79. The molecule has 6 nitrogen and oxygen atoms in total. The summed E-state index contributed by atoms with van der Waals surface area (Å²) in [7, 11) is 0. The standard InChI is InChI=1S/C9H14N2O4/c10-7(12)4-11(5-8(13)14)9(15)6-2-1-3-6/h6H,1-5H2,(H2,10,12)(H,13,14). The normalized spacial score (nSPS) is 15.5. The lowest BCUT2D eigenvalue weighted by Crippen LogP contribution is -2.45. The molecule has 15 heavy (non-hydrogen) atoms. The monoisotopic (exact) mass is 214 g/mol. The lowest BCUT2D eigenvalue weighted by Gasteiger charge is -2.29. The molecule has 1 aliphatic carbocycles. The first-order valence-corrected chi connectivity index (χ1v) is 4.79. The summed E-state index contributed by atoms with van der Waals surface area (Å²) < 4.78 is 0. The molecule has 0 unspecified atom stereocenters. The molecule has 0 radical (unpaired) electrons. The summed E-state index contributed by atoms with van der Waals surface area (Å²) in [5, 5.41) is 8.57. The largest absolute Gasteiger partial charge is 0.480 e. The van der Waals surface area contributed by atoms with Crippen LogP contribution in [0.15, 0.2) is 0 Å². The van der Waals surface area contributed by atoms with Crippen molar-refractivity contribution in [2.24, 2.45) is 11.7 Å². The summed E-state index contributed by atoms with van der Waals surface area (Å²) in [6, 6.07) is 0. The smallest absolute Gasteiger partial charge is 0.323 e. The molecule has 1 aliphatic rings. The van der Waals surface area contributed by atoms with E-state index in [0.717, 1.165) is 24.2 Å². The number of hydrogen-bond acceptors (Lipinski definition) is 3. The number of nitrogens with two attached hydrogens (primary N) is 1. The molecule has 1 saturated carbocycles. The van der Waals surface area contributed by atoms with E-state index >= 15 is 0 Å². The van der Waals surface area contributed by atoms with Crippen LogP contribution >= 0.6 is 0 Å². The number of carbonyl (C=O) groups is 3. The van der Waals surface area contributed by atoms with Crippen molar-refractivity contribution in [3.8, 4) is 0 Å². The molecule has 0 aromatic carbocycles. The predicted octanol–water partition coefficient (Wildman–Crippen LogP) is -0.815. The molecule has 0 aromatic heterocycles. The van der Waals surface area contributed by atoms with Crippen LogP contribution in [0.25, 0.3) is 0 Å². The summed E-state index contributed by atoms with van der Waals surface area (Å²) >= 11 is 0. The first kappa shape index (κ1) is 11.5. The summed E-state index contributed by atoms with van der Waals surface area (Å²) in [6.45, 7) is -0.778. The molecule has 84 valence electrons. The Kier molecular flexibility index (Phi) is 3.65. The van der Waals surface area contributed by atoms with Gasteiger partial charge in [-0.2, -0.15) is 0 Å². The quantitative estimate of drug-likeness (QED) is 0.624. The molecule has 6 heteroatoms. The minimum absolute atomic E-state index is 0.122. The Morgan fingerprint density at radius 2 is 1.87 bits per heavy atom. The van der Waals surface area contributed by atoms with Crippen molar-refractivity contribution >= 4 is 17.8 Å². The van der Waals surface area contributed by atoms with E-state index in [-0.39, 0.29) is 18.4 Å². The van der Waals surface area contributed by atoms with Crippen molar-refractivity contribution in [3.63, 3.8) is 0 Å². The van der Waals surface area contributed by atoms with E-state index in [9.17, 15) is 14.4 Å². The third-order valence-electron chi connectivity index (χ3n) is 2.44.